The second-order valence-electron chi connectivity index (χ2n) is 4.47. The lowest BCUT2D eigenvalue weighted by atomic mass is 10.1. The summed E-state index contributed by atoms with van der Waals surface area (Å²) in [6, 6.07) is 6.76. The van der Waals surface area contributed by atoms with Gasteiger partial charge >= 0.3 is 5.97 Å². The summed E-state index contributed by atoms with van der Waals surface area (Å²) in [4.78, 5) is 22.6. The Morgan fingerprint density at radius 2 is 1.85 bits per heavy atom. The maximum absolute atomic E-state index is 11.7. The molecule has 0 saturated carbocycles. The van der Waals surface area contributed by atoms with Gasteiger partial charge in [0.15, 0.2) is 0 Å². The Bertz CT molecular complexity index is 435. The van der Waals surface area contributed by atoms with E-state index in [1.54, 1.807) is 0 Å². The predicted molar refractivity (Wildman–Crippen MR) is 81.4 cm³/mol. The maximum Gasteiger partial charge on any atom is 0.320 e. The number of aryl methyl sites for hydroxylation is 1. The summed E-state index contributed by atoms with van der Waals surface area (Å²) in [5.41, 5.74) is 1.82. The molecule has 1 amide bonds. The Balaban J connectivity index is 0.00000361. The van der Waals surface area contributed by atoms with Crippen molar-refractivity contribution in [2.75, 3.05) is 11.9 Å². The van der Waals surface area contributed by atoms with Crippen LogP contribution in [-0.2, 0) is 9.59 Å². The maximum atomic E-state index is 11.7. The number of hydrogen-bond acceptors (Lipinski definition) is 3. The van der Waals surface area contributed by atoms with Crippen molar-refractivity contribution in [2.45, 2.75) is 32.7 Å². The molecule has 0 aromatic heterocycles. The van der Waals surface area contributed by atoms with E-state index in [-0.39, 0.29) is 24.9 Å². The molecule has 1 aromatic carbocycles. The van der Waals surface area contributed by atoms with E-state index < -0.39 is 12.0 Å². The third-order valence-electron chi connectivity index (χ3n) is 2.72. The molecule has 0 bridgehead atoms. The zero-order valence-corrected chi connectivity index (χ0v) is 12.5. The molecule has 0 aliphatic carbocycles. The molecule has 20 heavy (non-hydrogen) atoms. The van der Waals surface area contributed by atoms with Crippen LogP contribution in [-0.4, -0.2) is 29.6 Å². The number of carboxylic acid groups (broad SMARTS) is 1. The average Bonchev–Trinajstić information content (AvgIpc) is 2.37. The summed E-state index contributed by atoms with van der Waals surface area (Å²) in [5, 5.41) is 14.4. The summed E-state index contributed by atoms with van der Waals surface area (Å²) in [6.45, 7) is 3.87. The minimum Gasteiger partial charge on any atom is -0.480 e. The number of halogens is 1. The van der Waals surface area contributed by atoms with Crippen LogP contribution >= 0.6 is 12.4 Å². The smallest absolute Gasteiger partial charge is 0.320 e. The van der Waals surface area contributed by atoms with E-state index in [4.69, 9.17) is 5.11 Å². The molecule has 1 aromatic rings. The van der Waals surface area contributed by atoms with E-state index in [9.17, 15) is 9.59 Å². The Labute approximate surface area is 125 Å². The van der Waals surface area contributed by atoms with Crippen molar-refractivity contribution in [1.29, 1.82) is 0 Å². The first-order chi connectivity index (χ1) is 9.02. The zero-order valence-electron chi connectivity index (χ0n) is 11.7. The second-order valence-corrected chi connectivity index (χ2v) is 4.47. The molecule has 0 aliphatic rings. The Morgan fingerprint density at radius 3 is 2.35 bits per heavy atom. The zero-order chi connectivity index (χ0) is 14.3. The van der Waals surface area contributed by atoms with Crippen LogP contribution in [0.3, 0.4) is 0 Å². The minimum absolute atomic E-state index is 0. The van der Waals surface area contributed by atoms with Crippen molar-refractivity contribution in [3.8, 4) is 0 Å². The lowest BCUT2D eigenvalue weighted by Gasteiger charge is -2.13. The molecule has 5 nitrogen and oxygen atoms in total. The normalized spacial score (nSPS) is 11.3. The molecule has 1 rings (SSSR count). The van der Waals surface area contributed by atoms with E-state index in [0.717, 1.165) is 12.0 Å². The highest BCUT2D eigenvalue weighted by Crippen LogP contribution is 2.08. The lowest BCUT2D eigenvalue weighted by molar-refractivity contribution is -0.139. The first kappa shape index (κ1) is 18.4. The van der Waals surface area contributed by atoms with Crippen LogP contribution in [0.25, 0.3) is 0 Å². The van der Waals surface area contributed by atoms with Crippen LogP contribution in [0.4, 0.5) is 5.69 Å². The van der Waals surface area contributed by atoms with Gasteiger partial charge in [-0.05, 0) is 25.5 Å². The standard InChI is InChI=1S/C14H20N2O3.ClH/c1-3-4-12(14(18)19)15-9-13(17)16-11-7-5-10(2)6-8-11;/h5-8,12,15H,3-4,9H2,1-2H3,(H,16,17)(H,18,19);1H. The number of amides is 1. The molecule has 0 fully saturated rings. The monoisotopic (exact) mass is 300 g/mol. The van der Waals surface area contributed by atoms with Gasteiger partial charge < -0.3 is 10.4 Å². The highest BCUT2D eigenvalue weighted by molar-refractivity contribution is 5.92. The summed E-state index contributed by atoms with van der Waals surface area (Å²) < 4.78 is 0. The van der Waals surface area contributed by atoms with Crippen LogP contribution in [0, 0.1) is 6.92 Å². The molecule has 0 saturated heterocycles. The van der Waals surface area contributed by atoms with Crippen molar-refractivity contribution < 1.29 is 14.7 Å². The van der Waals surface area contributed by atoms with Gasteiger partial charge in [-0.3, -0.25) is 14.9 Å². The third kappa shape index (κ3) is 6.54. The summed E-state index contributed by atoms with van der Waals surface area (Å²) >= 11 is 0. The number of rotatable bonds is 7. The first-order valence-corrected chi connectivity index (χ1v) is 6.35. The number of benzene rings is 1. The highest BCUT2D eigenvalue weighted by Gasteiger charge is 2.16. The average molecular weight is 301 g/mol. The molecule has 0 spiro atoms. The highest BCUT2D eigenvalue weighted by atomic mass is 35.5. The SMILES string of the molecule is CCCC(NCC(=O)Nc1ccc(C)cc1)C(=O)O.Cl. The molecule has 1 atom stereocenters. The molecular formula is C14H21ClN2O3. The molecule has 0 aliphatic heterocycles. The van der Waals surface area contributed by atoms with E-state index in [1.807, 2.05) is 38.1 Å². The number of aliphatic carboxylic acids is 1. The van der Waals surface area contributed by atoms with Crippen molar-refractivity contribution in [2.24, 2.45) is 0 Å². The molecular weight excluding hydrogens is 280 g/mol. The fourth-order valence-corrected chi connectivity index (χ4v) is 1.66. The number of carbonyl (C=O) groups is 2. The van der Waals surface area contributed by atoms with Crippen molar-refractivity contribution >= 4 is 30.0 Å². The van der Waals surface area contributed by atoms with Crippen LogP contribution in [0.5, 0.6) is 0 Å². The van der Waals surface area contributed by atoms with Gasteiger partial charge in [-0.1, -0.05) is 31.0 Å². The third-order valence-corrected chi connectivity index (χ3v) is 2.72. The van der Waals surface area contributed by atoms with Crippen molar-refractivity contribution in [3.63, 3.8) is 0 Å². The first-order valence-electron chi connectivity index (χ1n) is 6.35. The Morgan fingerprint density at radius 1 is 1.25 bits per heavy atom. The topological polar surface area (TPSA) is 78.4 Å². The lowest BCUT2D eigenvalue weighted by Crippen LogP contribution is -2.41. The van der Waals surface area contributed by atoms with Crippen LogP contribution in [0.15, 0.2) is 24.3 Å². The van der Waals surface area contributed by atoms with E-state index in [0.29, 0.717) is 12.1 Å². The van der Waals surface area contributed by atoms with Crippen molar-refractivity contribution in [3.05, 3.63) is 29.8 Å². The summed E-state index contributed by atoms with van der Waals surface area (Å²) in [7, 11) is 0. The van der Waals surface area contributed by atoms with Gasteiger partial charge in [-0.15, -0.1) is 12.4 Å². The number of hydrogen-bond donors (Lipinski definition) is 3. The molecule has 1 unspecified atom stereocenters. The quantitative estimate of drug-likeness (QED) is 0.721. The van der Waals surface area contributed by atoms with E-state index >= 15 is 0 Å². The number of anilines is 1. The molecule has 0 radical (unpaired) electrons. The Kier molecular flexibility index (Phi) is 8.59. The molecule has 3 N–H and O–H groups in total. The number of carbonyl (C=O) groups excluding carboxylic acids is 1. The van der Waals surface area contributed by atoms with Crippen LogP contribution in [0.1, 0.15) is 25.3 Å². The van der Waals surface area contributed by atoms with Crippen LogP contribution in [0.2, 0.25) is 0 Å². The number of nitrogens with one attached hydrogen (secondary N) is 2. The fourth-order valence-electron chi connectivity index (χ4n) is 1.66. The predicted octanol–water partition coefficient (Wildman–Crippen LogP) is 2.20. The summed E-state index contributed by atoms with van der Waals surface area (Å²) in [6.07, 6.45) is 1.26. The summed E-state index contributed by atoms with van der Waals surface area (Å²) in [5.74, 6) is -1.17. The van der Waals surface area contributed by atoms with Gasteiger partial charge in [0.2, 0.25) is 5.91 Å². The van der Waals surface area contributed by atoms with Crippen LogP contribution < -0.4 is 10.6 Å². The molecule has 0 heterocycles. The van der Waals surface area contributed by atoms with Gasteiger partial charge in [0.25, 0.3) is 0 Å². The van der Waals surface area contributed by atoms with Gasteiger partial charge in [-0.2, -0.15) is 0 Å². The van der Waals surface area contributed by atoms with Crippen molar-refractivity contribution in [1.82, 2.24) is 5.32 Å². The van der Waals surface area contributed by atoms with E-state index in [2.05, 4.69) is 10.6 Å². The largest absolute Gasteiger partial charge is 0.480 e. The van der Waals surface area contributed by atoms with Gasteiger partial charge in [-0.25, -0.2) is 0 Å². The van der Waals surface area contributed by atoms with Gasteiger partial charge in [0.1, 0.15) is 6.04 Å². The fraction of sp³-hybridized carbons (Fsp3) is 0.429. The van der Waals surface area contributed by atoms with Gasteiger partial charge in [0, 0.05) is 5.69 Å². The molecule has 112 valence electrons. The van der Waals surface area contributed by atoms with Gasteiger partial charge in [0.05, 0.1) is 6.54 Å². The second kappa shape index (κ2) is 9.34. The minimum atomic E-state index is -0.926. The Hall–Kier alpha value is -1.59. The van der Waals surface area contributed by atoms with E-state index in [1.165, 1.54) is 0 Å². The number of carboxylic acids is 1. The molecule has 6 heteroatoms.